The van der Waals surface area contributed by atoms with E-state index in [1.807, 2.05) is 55.5 Å². The van der Waals surface area contributed by atoms with Crippen LogP contribution in [0.4, 0.5) is 0 Å². The Kier molecular flexibility index (Phi) is 5.98. The van der Waals surface area contributed by atoms with E-state index < -0.39 is 10.0 Å². The van der Waals surface area contributed by atoms with Crippen LogP contribution in [0.2, 0.25) is 0 Å². The smallest absolute Gasteiger partial charge is 0.207 e. The van der Waals surface area contributed by atoms with Crippen LogP contribution in [0.25, 0.3) is 5.57 Å². The average Bonchev–Trinajstić information content (AvgIpc) is 3.03. The fourth-order valence-electron chi connectivity index (χ4n) is 3.74. The Hall–Kier alpha value is -2.95. The molecule has 0 aromatic heterocycles. The standard InChI is InChI=1S/C26H25NO2S/c1-21-15-17-25(18-16-21)30(28,29)27-19-9-8-14-24(20-27)26(22-10-4-2-5-11-22)23-12-6-3-7-13-23/h2-8,10-18H,9,19-20H2,1H3. The Labute approximate surface area is 179 Å². The van der Waals surface area contributed by atoms with E-state index in [0.29, 0.717) is 24.4 Å². The minimum absolute atomic E-state index is 0.339. The van der Waals surface area contributed by atoms with E-state index in [4.69, 9.17) is 0 Å². The molecule has 0 bridgehead atoms. The van der Waals surface area contributed by atoms with E-state index in [9.17, 15) is 8.42 Å². The van der Waals surface area contributed by atoms with Crippen molar-refractivity contribution >= 4 is 15.6 Å². The van der Waals surface area contributed by atoms with Gasteiger partial charge in [0, 0.05) is 13.1 Å². The van der Waals surface area contributed by atoms with Gasteiger partial charge in [0.15, 0.2) is 0 Å². The summed E-state index contributed by atoms with van der Waals surface area (Å²) in [7, 11) is -3.57. The van der Waals surface area contributed by atoms with Crippen molar-refractivity contribution in [3.63, 3.8) is 0 Å². The van der Waals surface area contributed by atoms with Gasteiger partial charge in [-0.2, -0.15) is 4.31 Å². The van der Waals surface area contributed by atoms with Gasteiger partial charge in [-0.15, -0.1) is 0 Å². The molecular formula is C26H25NO2S. The van der Waals surface area contributed by atoms with E-state index in [2.05, 4.69) is 36.4 Å². The predicted molar refractivity (Wildman–Crippen MR) is 123 cm³/mol. The normalized spacial score (nSPS) is 15.0. The van der Waals surface area contributed by atoms with Gasteiger partial charge in [0.05, 0.1) is 4.90 Å². The van der Waals surface area contributed by atoms with Crippen LogP contribution >= 0.6 is 0 Å². The first kappa shape index (κ1) is 20.3. The molecule has 3 nitrogen and oxygen atoms in total. The van der Waals surface area contributed by atoms with Crippen molar-refractivity contribution in [3.05, 3.63) is 119 Å². The predicted octanol–water partition coefficient (Wildman–Crippen LogP) is 5.45. The Morgan fingerprint density at radius 2 is 1.37 bits per heavy atom. The van der Waals surface area contributed by atoms with E-state index in [1.54, 1.807) is 16.4 Å². The summed E-state index contributed by atoms with van der Waals surface area (Å²) in [6.07, 6.45) is 4.84. The molecule has 3 aromatic rings. The summed E-state index contributed by atoms with van der Waals surface area (Å²) in [4.78, 5) is 0.343. The Morgan fingerprint density at radius 3 is 1.93 bits per heavy atom. The highest BCUT2D eigenvalue weighted by Gasteiger charge is 2.26. The van der Waals surface area contributed by atoms with Gasteiger partial charge < -0.3 is 0 Å². The Morgan fingerprint density at radius 1 is 0.800 bits per heavy atom. The van der Waals surface area contributed by atoms with Crippen molar-refractivity contribution in [2.24, 2.45) is 0 Å². The van der Waals surface area contributed by atoms with Gasteiger partial charge >= 0.3 is 0 Å². The van der Waals surface area contributed by atoms with Crippen LogP contribution in [-0.2, 0) is 10.0 Å². The summed E-state index contributed by atoms with van der Waals surface area (Å²) in [5.74, 6) is 0. The van der Waals surface area contributed by atoms with Crippen molar-refractivity contribution in [1.82, 2.24) is 4.31 Å². The summed E-state index contributed by atoms with van der Waals surface area (Å²) in [6, 6.07) is 27.4. The molecule has 0 saturated carbocycles. The average molecular weight is 416 g/mol. The molecule has 0 unspecified atom stereocenters. The largest absolute Gasteiger partial charge is 0.243 e. The van der Waals surface area contributed by atoms with Gasteiger partial charge in [0.2, 0.25) is 10.0 Å². The third kappa shape index (κ3) is 4.30. The van der Waals surface area contributed by atoms with Crippen LogP contribution in [0, 0.1) is 6.92 Å². The molecule has 0 saturated heterocycles. The molecule has 152 valence electrons. The van der Waals surface area contributed by atoms with E-state index in [-0.39, 0.29) is 0 Å². The molecule has 4 rings (SSSR count). The fraction of sp³-hybridized carbons (Fsp3) is 0.154. The van der Waals surface area contributed by atoms with Crippen LogP contribution in [-0.4, -0.2) is 25.8 Å². The molecule has 1 aliphatic rings. The lowest BCUT2D eigenvalue weighted by molar-refractivity contribution is 0.447. The summed E-state index contributed by atoms with van der Waals surface area (Å²) < 4.78 is 28.3. The molecule has 1 aliphatic heterocycles. The number of rotatable bonds is 4. The van der Waals surface area contributed by atoms with E-state index in [1.165, 1.54) is 0 Å². The van der Waals surface area contributed by atoms with E-state index >= 15 is 0 Å². The van der Waals surface area contributed by atoms with Gasteiger partial charge in [0.1, 0.15) is 0 Å². The lowest BCUT2D eigenvalue weighted by atomic mass is 9.93. The van der Waals surface area contributed by atoms with Crippen LogP contribution in [0.1, 0.15) is 23.1 Å². The second kappa shape index (κ2) is 8.82. The highest BCUT2D eigenvalue weighted by molar-refractivity contribution is 7.89. The zero-order valence-electron chi connectivity index (χ0n) is 17.0. The van der Waals surface area contributed by atoms with Crippen LogP contribution in [0.15, 0.2) is 108 Å². The molecule has 4 heteroatoms. The first-order valence-electron chi connectivity index (χ1n) is 10.1. The number of benzene rings is 3. The first-order valence-corrected chi connectivity index (χ1v) is 11.6. The highest BCUT2D eigenvalue weighted by atomic mass is 32.2. The highest BCUT2D eigenvalue weighted by Crippen LogP contribution is 2.30. The molecule has 0 N–H and O–H groups in total. The molecule has 0 aliphatic carbocycles. The summed E-state index contributed by atoms with van der Waals surface area (Å²) >= 11 is 0. The van der Waals surface area contributed by atoms with Gasteiger partial charge in [-0.05, 0) is 47.8 Å². The van der Waals surface area contributed by atoms with Gasteiger partial charge in [-0.3, -0.25) is 0 Å². The molecule has 0 radical (unpaired) electrons. The molecule has 30 heavy (non-hydrogen) atoms. The maximum atomic E-state index is 13.4. The first-order chi connectivity index (χ1) is 14.6. The fourth-order valence-corrected chi connectivity index (χ4v) is 5.17. The van der Waals surface area contributed by atoms with Crippen LogP contribution in [0.5, 0.6) is 0 Å². The Balaban J connectivity index is 1.81. The van der Waals surface area contributed by atoms with Crippen LogP contribution < -0.4 is 0 Å². The molecule has 0 fully saturated rings. The van der Waals surface area contributed by atoms with Crippen molar-refractivity contribution < 1.29 is 8.42 Å². The SMILES string of the molecule is Cc1ccc(S(=O)(=O)N2CCC=CC(=C(c3ccccc3)c3ccccc3)C2)cc1. The third-order valence-electron chi connectivity index (χ3n) is 5.32. The minimum Gasteiger partial charge on any atom is -0.207 e. The van der Waals surface area contributed by atoms with Gasteiger partial charge in [0.25, 0.3) is 0 Å². The molecular weight excluding hydrogens is 390 g/mol. The molecule has 0 spiro atoms. The van der Waals surface area contributed by atoms with Crippen molar-refractivity contribution in [1.29, 1.82) is 0 Å². The topological polar surface area (TPSA) is 37.4 Å². The second-order valence-electron chi connectivity index (χ2n) is 7.47. The van der Waals surface area contributed by atoms with Gasteiger partial charge in [-0.25, -0.2) is 8.42 Å². The Bertz CT molecular complexity index is 1120. The van der Waals surface area contributed by atoms with Gasteiger partial charge in [-0.1, -0.05) is 90.5 Å². The number of hydrogen-bond acceptors (Lipinski definition) is 2. The number of nitrogens with zero attached hydrogens (tertiary/aromatic N) is 1. The number of sulfonamides is 1. The maximum absolute atomic E-state index is 13.4. The van der Waals surface area contributed by atoms with Crippen molar-refractivity contribution in [3.8, 4) is 0 Å². The molecule has 0 amide bonds. The lowest BCUT2D eigenvalue weighted by Gasteiger charge is -2.23. The van der Waals surface area contributed by atoms with Crippen molar-refractivity contribution in [2.45, 2.75) is 18.2 Å². The molecule has 3 aromatic carbocycles. The van der Waals surface area contributed by atoms with Crippen molar-refractivity contribution in [2.75, 3.05) is 13.1 Å². The maximum Gasteiger partial charge on any atom is 0.243 e. The lowest BCUT2D eigenvalue weighted by Crippen LogP contribution is -2.33. The zero-order chi connectivity index (χ0) is 21.0. The third-order valence-corrected chi connectivity index (χ3v) is 7.18. The summed E-state index contributed by atoms with van der Waals surface area (Å²) in [6.45, 7) is 2.76. The zero-order valence-corrected chi connectivity index (χ0v) is 17.8. The quantitative estimate of drug-likeness (QED) is 0.568. The monoisotopic (exact) mass is 415 g/mol. The number of aryl methyl sites for hydroxylation is 1. The van der Waals surface area contributed by atoms with Crippen LogP contribution in [0.3, 0.4) is 0 Å². The molecule has 0 atom stereocenters. The summed E-state index contributed by atoms with van der Waals surface area (Å²) in [5.41, 5.74) is 5.28. The summed E-state index contributed by atoms with van der Waals surface area (Å²) in [5, 5.41) is 0. The minimum atomic E-state index is -3.57. The molecule has 1 heterocycles. The second-order valence-corrected chi connectivity index (χ2v) is 9.41. The number of hydrogen-bond donors (Lipinski definition) is 0. The van der Waals surface area contributed by atoms with E-state index in [0.717, 1.165) is 27.8 Å².